The van der Waals surface area contributed by atoms with Gasteiger partial charge in [-0.3, -0.25) is 4.79 Å². The molecule has 30 heavy (non-hydrogen) atoms. The molecule has 0 aliphatic carbocycles. The first-order chi connectivity index (χ1) is 14.3. The number of fused-ring (bicyclic) bond motifs is 1. The predicted octanol–water partition coefficient (Wildman–Crippen LogP) is 3.71. The summed E-state index contributed by atoms with van der Waals surface area (Å²) in [5.41, 5.74) is 12.7. The predicted molar refractivity (Wildman–Crippen MR) is 113 cm³/mol. The van der Waals surface area contributed by atoms with Gasteiger partial charge in [0.15, 0.2) is 0 Å². The van der Waals surface area contributed by atoms with E-state index in [1.807, 2.05) is 11.0 Å². The monoisotopic (exact) mass is 435 g/mol. The number of nitrogens with zero attached hydrogens (tertiary/aromatic N) is 3. The number of nitrogen functional groups attached to an aromatic ring is 1. The van der Waals surface area contributed by atoms with Gasteiger partial charge in [-0.15, -0.1) is 11.3 Å². The zero-order valence-electron chi connectivity index (χ0n) is 15.9. The fraction of sp³-hybridized carbons (Fsp3) is 0.300. The molecule has 0 atom stereocenters. The van der Waals surface area contributed by atoms with Crippen molar-refractivity contribution >= 4 is 44.5 Å². The molecule has 0 saturated carbocycles. The van der Waals surface area contributed by atoms with Crippen molar-refractivity contribution in [3.8, 4) is 0 Å². The average molecular weight is 435 g/mol. The lowest BCUT2D eigenvalue weighted by Gasteiger charge is -2.26. The summed E-state index contributed by atoms with van der Waals surface area (Å²) >= 11 is 1.16. The molecule has 6 nitrogen and oxygen atoms in total. The highest BCUT2D eigenvalue weighted by atomic mass is 32.1. The summed E-state index contributed by atoms with van der Waals surface area (Å²) in [6.45, 7) is 2.49. The molecular formula is C20H20F3N5OS. The van der Waals surface area contributed by atoms with Crippen LogP contribution in [0.5, 0.6) is 0 Å². The second-order valence-corrected chi connectivity index (χ2v) is 8.09. The number of amides is 1. The van der Waals surface area contributed by atoms with Crippen molar-refractivity contribution in [3.63, 3.8) is 0 Å². The summed E-state index contributed by atoms with van der Waals surface area (Å²) in [6, 6.07) is 7.25. The van der Waals surface area contributed by atoms with Gasteiger partial charge in [-0.05, 0) is 30.7 Å². The second kappa shape index (κ2) is 7.67. The highest BCUT2D eigenvalue weighted by Crippen LogP contribution is 2.39. The number of nitrogens with two attached hydrogens (primary N) is 2. The van der Waals surface area contributed by atoms with E-state index in [0.717, 1.165) is 29.5 Å². The van der Waals surface area contributed by atoms with Crippen LogP contribution in [0.3, 0.4) is 0 Å². The van der Waals surface area contributed by atoms with Crippen LogP contribution in [0.25, 0.3) is 10.2 Å². The van der Waals surface area contributed by atoms with Crippen LogP contribution in [0.1, 0.15) is 21.7 Å². The fourth-order valence-corrected chi connectivity index (χ4v) is 4.71. The Morgan fingerprint density at radius 2 is 1.83 bits per heavy atom. The van der Waals surface area contributed by atoms with E-state index >= 15 is 0 Å². The minimum Gasteiger partial charge on any atom is -0.397 e. The molecule has 1 aromatic carbocycles. The minimum atomic E-state index is -4.37. The lowest BCUT2D eigenvalue weighted by atomic mass is 10.1. The van der Waals surface area contributed by atoms with Gasteiger partial charge in [0.1, 0.15) is 9.71 Å². The van der Waals surface area contributed by atoms with Gasteiger partial charge >= 0.3 is 6.18 Å². The molecule has 0 bridgehead atoms. The third kappa shape index (κ3) is 3.74. The van der Waals surface area contributed by atoms with Gasteiger partial charge in [0.05, 0.1) is 22.3 Å². The van der Waals surface area contributed by atoms with Crippen molar-refractivity contribution in [1.29, 1.82) is 0 Å². The van der Waals surface area contributed by atoms with Crippen molar-refractivity contribution in [3.05, 3.63) is 47.0 Å². The highest BCUT2D eigenvalue weighted by Gasteiger charge is 2.31. The van der Waals surface area contributed by atoms with Gasteiger partial charge in [-0.25, -0.2) is 4.98 Å². The number of thiophene rings is 1. The van der Waals surface area contributed by atoms with Crippen LogP contribution in [-0.2, 0) is 6.18 Å². The van der Waals surface area contributed by atoms with Crippen LogP contribution >= 0.6 is 11.3 Å². The van der Waals surface area contributed by atoms with E-state index in [2.05, 4.69) is 9.88 Å². The molecule has 3 aromatic rings. The standard InChI is InChI=1S/C20H20F3N5OS/c21-20(22,23)12-3-1-4-13(11-12)27-7-2-8-28(10-9-27)14-5-6-26-19-15(14)16(24)17(30-19)18(25)29/h1,3-6,11H,2,7-10,24H2,(H2,25,29). The maximum Gasteiger partial charge on any atom is 0.416 e. The van der Waals surface area contributed by atoms with Crippen LogP contribution in [0.4, 0.5) is 30.2 Å². The largest absolute Gasteiger partial charge is 0.416 e. The van der Waals surface area contributed by atoms with Crippen LogP contribution < -0.4 is 21.3 Å². The Kier molecular flexibility index (Phi) is 5.19. The van der Waals surface area contributed by atoms with Gasteiger partial charge in [-0.2, -0.15) is 13.2 Å². The molecule has 1 amide bonds. The van der Waals surface area contributed by atoms with Crippen molar-refractivity contribution in [2.45, 2.75) is 12.6 Å². The molecular weight excluding hydrogens is 415 g/mol. The third-order valence-electron chi connectivity index (χ3n) is 5.21. The SMILES string of the molecule is NC(=O)c1sc2nccc(N3CCCN(c4cccc(C(F)(F)F)c4)CC3)c2c1N. The van der Waals surface area contributed by atoms with Crippen molar-refractivity contribution in [2.75, 3.05) is 41.7 Å². The van der Waals surface area contributed by atoms with Gasteiger partial charge in [-0.1, -0.05) is 6.07 Å². The Hall–Kier alpha value is -3.01. The topological polar surface area (TPSA) is 88.5 Å². The molecule has 1 saturated heterocycles. The number of carbonyl (C=O) groups is 1. The van der Waals surface area contributed by atoms with Gasteiger partial charge in [0.2, 0.25) is 0 Å². The number of benzene rings is 1. The number of halogens is 3. The minimum absolute atomic E-state index is 0.283. The normalized spacial score (nSPS) is 15.4. The van der Waals surface area contributed by atoms with Crippen molar-refractivity contribution in [2.24, 2.45) is 5.73 Å². The molecule has 158 valence electrons. The number of aromatic nitrogens is 1. The lowest BCUT2D eigenvalue weighted by Crippen LogP contribution is -2.31. The van der Waals surface area contributed by atoms with Crippen LogP contribution in [0, 0.1) is 0 Å². The number of primary amides is 1. The van der Waals surface area contributed by atoms with Crippen molar-refractivity contribution < 1.29 is 18.0 Å². The molecule has 1 aliphatic heterocycles. The van der Waals surface area contributed by atoms with Crippen LogP contribution in [0.2, 0.25) is 0 Å². The molecule has 10 heteroatoms. The smallest absolute Gasteiger partial charge is 0.397 e. The first-order valence-corrected chi connectivity index (χ1v) is 10.2. The zero-order chi connectivity index (χ0) is 21.5. The molecule has 1 aliphatic rings. The number of anilines is 3. The summed E-state index contributed by atoms with van der Waals surface area (Å²) in [5, 5.41) is 0.698. The molecule has 0 unspecified atom stereocenters. The van der Waals surface area contributed by atoms with Gasteiger partial charge in [0, 0.05) is 38.1 Å². The maximum atomic E-state index is 13.1. The first-order valence-electron chi connectivity index (χ1n) is 9.39. The Morgan fingerprint density at radius 1 is 1.10 bits per heavy atom. The molecule has 3 heterocycles. The van der Waals surface area contributed by atoms with E-state index in [1.165, 1.54) is 12.1 Å². The summed E-state index contributed by atoms with van der Waals surface area (Å²) in [5.74, 6) is -0.590. The Morgan fingerprint density at radius 3 is 2.57 bits per heavy atom. The summed E-state index contributed by atoms with van der Waals surface area (Å²) in [6.07, 6.45) is -1.95. The van der Waals surface area contributed by atoms with Gasteiger partial charge in [0.25, 0.3) is 5.91 Å². The molecule has 1 fully saturated rings. The number of hydrogen-bond donors (Lipinski definition) is 2. The summed E-state index contributed by atoms with van der Waals surface area (Å²) < 4.78 is 39.2. The zero-order valence-corrected chi connectivity index (χ0v) is 16.8. The first kappa shape index (κ1) is 20.3. The fourth-order valence-electron chi connectivity index (χ4n) is 3.77. The lowest BCUT2D eigenvalue weighted by molar-refractivity contribution is -0.137. The maximum absolute atomic E-state index is 13.1. The number of hydrogen-bond acceptors (Lipinski definition) is 6. The second-order valence-electron chi connectivity index (χ2n) is 7.10. The third-order valence-corrected chi connectivity index (χ3v) is 6.33. The number of carbonyl (C=O) groups excluding carboxylic acids is 1. The Balaban J connectivity index is 1.61. The molecule has 0 radical (unpaired) electrons. The van der Waals surface area contributed by atoms with Crippen LogP contribution in [0.15, 0.2) is 36.5 Å². The number of rotatable bonds is 3. The quantitative estimate of drug-likeness (QED) is 0.655. The van der Waals surface area contributed by atoms with E-state index in [9.17, 15) is 18.0 Å². The Bertz CT molecular complexity index is 1100. The molecule has 4 rings (SSSR count). The van der Waals surface area contributed by atoms with E-state index in [1.54, 1.807) is 12.3 Å². The molecule has 2 aromatic heterocycles. The highest BCUT2D eigenvalue weighted by molar-refractivity contribution is 7.21. The van der Waals surface area contributed by atoms with E-state index < -0.39 is 17.6 Å². The van der Waals surface area contributed by atoms with E-state index in [0.29, 0.717) is 47.8 Å². The Labute approximate surface area is 174 Å². The summed E-state index contributed by atoms with van der Waals surface area (Å²) in [7, 11) is 0. The van der Waals surface area contributed by atoms with Crippen molar-refractivity contribution in [1.82, 2.24) is 4.98 Å². The molecule has 0 spiro atoms. The average Bonchev–Trinajstić information content (AvgIpc) is 2.89. The van der Waals surface area contributed by atoms with Gasteiger partial charge < -0.3 is 21.3 Å². The van der Waals surface area contributed by atoms with E-state index in [4.69, 9.17) is 11.5 Å². The molecule has 4 N–H and O–H groups in total. The number of alkyl halides is 3. The summed E-state index contributed by atoms with van der Waals surface area (Å²) in [4.78, 5) is 21.0. The number of pyridine rings is 1. The van der Waals surface area contributed by atoms with E-state index in [-0.39, 0.29) is 4.88 Å². The van der Waals surface area contributed by atoms with Crippen LogP contribution in [-0.4, -0.2) is 37.1 Å².